The number of rotatable bonds is 6. The number of hydrogen-bond acceptors (Lipinski definition) is 3. The van der Waals surface area contributed by atoms with Crippen LogP contribution in [0.25, 0.3) is 0 Å². The van der Waals surface area contributed by atoms with Crippen LogP contribution in [0.2, 0.25) is 5.02 Å². The van der Waals surface area contributed by atoms with Crippen LogP contribution in [0.5, 0.6) is 5.75 Å². The van der Waals surface area contributed by atoms with Gasteiger partial charge in [0.2, 0.25) is 0 Å². The number of primary amides is 1. The highest BCUT2D eigenvalue weighted by atomic mass is 35.5. The predicted octanol–water partition coefficient (Wildman–Crippen LogP) is 4.66. The van der Waals surface area contributed by atoms with Crippen LogP contribution in [-0.4, -0.2) is 11.9 Å². The van der Waals surface area contributed by atoms with Crippen molar-refractivity contribution in [2.45, 2.75) is 6.61 Å². The van der Waals surface area contributed by atoms with Gasteiger partial charge in [-0.3, -0.25) is 4.79 Å². The van der Waals surface area contributed by atoms with Crippen LogP contribution in [0.4, 0.5) is 16.2 Å². The third kappa shape index (κ3) is 5.25. The topological polar surface area (TPSA) is 93.5 Å². The van der Waals surface area contributed by atoms with Gasteiger partial charge in [-0.15, -0.1) is 0 Å². The first-order chi connectivity index (χ1) is 13.5. The molecule has 0 aliphatic rings. The minimum Gasteiger partial charge on any atom is -0.488 e. The molecule has 7 heteroatoms. The number of urea groups is 1. The maximum absolute atomic E-state index is 12.7. The van der Waals surface area contributed by atoms with Crippen LogP contribution >= 0.6 is 11.6 Å². The summed E-state index contributed by atoms with van der Waals surface area (Å²) in [7, 11) is 0. The summed E-state index contributed by atoms with van der Waals surface area (Å²) in [6, 6.07) is 20.3. The summed E-state index contributed by atoms with van der Waals surface area (Å²) >= 11 is 5.89. The summed E-state index contributed by atoms with van der Waals surface area (Å²) in [5, 5.41) is 5.92. The average Bonchev–Trinajstić information content (AvgIpc) is 2.69. The van der Waals surface area contributed by atoms with Crippen molar-refractivity contribution < 1.29 is 14.3 Å². The van der Waals surface area contributed by atoms with E-state index in [0.29, 0.717) is 34.3 Å². The van der Waals surface area contributed by atoms with E-state index in [2.05, 4.69) is 10.6 Å². The molecule has 3 rings (SSSR count). The Hall–Kier alpha value is -3.51. The van der Waals surface area contributed by atoms with Gasteiger partial charge < -0.3 is 21.1 Å². The molecule has 0 saturated heterocycles. The first-order valence-corrected chi connectivity index (χ1v) is 8.83. The zero-order valence-corrected chi connectivity index (χ0v) is 15.6. The van der Waals surface area contributed by atoms with Crippen LogP contribution in [0.1, 0.15) is 15.9 Å². The van der Waals surface area contributed by atoms with Gasteiger partial charge in [0.1, 0.15) is 12.4 Å². The second kappa shape index (κ2) is 8.92. The number of carbonyl (C=O) groups is 2. The number of halogens is 1. The predicted molar refractivity (Wildman–Crippen MR) is 110 cm³/mol. The Balaban J connectivity index is 1.68. The van der Waals surface area contributed by atoms with E-state index >= 15 is 0 Å². The van der Waals surface area contributed by atoms with E-state index in [1.54, 1.807) is 60.7 Å². The minimum absolute atomic E-state index is 0.303. The summed E-state index contributed by atoms with van der Waals surface area (Å²) in [6.07, 6.45) is 0. The van der Waals surface area contributed by atoms with Crippen molar-refractivity contribution in [3.8, 4) is 5.75 Å². The van der Waals surface area contributed by atoms with Gasteiger partial charge in [0.05, 0.1) is 5.56 Å². The standard InChI is InChI=1S/C21H18ClN3O3/c22-15-7-5-14(6-8-15)13-28-19-4-2-1-3-18(19)20(26)24-16-9-11-17(12-10-16)25-21(23)27/h1-12H,13H2,(H,24,26)(H3,23,25,27). The van der Waals surface area contributed by atoms with E-state index in [-0.39, 0.29) is 5.91 Å². The lowest BCUT2D eigenvalue weighted by Gasteiger charge is -2.12. The molecule has 0 unspecified atom stereocenters. The second-order valence-corrected chi connectivity index (χ2v) is 6.37. The Morgan fingerprint density at radius 1 is 0.857 bits per heavy atom. The zero-order valence-electron chi connectivity index (χ0n) is 14.8. The third-order valence-corrected chi connectivity index (χ3v) is 4.10. The summed E-state index contributed by atoms with van der Waals surface area (Å²) in [5.41, 5.74) is 7.54. The molecule has 6 nitrogen and oxygen atoms in total. The van der Waals surface area contributed by atoms with Crippen LogP contribution in [-0.2, 0) is 6.61 Å². The number of benzene rings is 3. The van der Waals surface area contributed by atoms with Crippen molar-refractivity contribution in [2.24, 2.45) is 5.73 Å². The lowest BCUT2D eigenvalue weighted by atomic mass is 10.1. The van der Waals surface area contributed by atoms with E-state index in [1.807, 2.05) is 12.1 Å². The lowest BCUT2D eigenvalue weighted by molar-refractivity contribution is 0.102. The maximum atomic E-state index is 12.7. The molecule has 0 aromatic heterocycles. The van der Waals surface area contributed by atoms with Crippen molar-refractivity contribution in [3.63, 3.8) is 0 Å². The van der Waals surface area contributed by atoms with Gasteiger partial charge >= 0.3 is 6.03 Å². The fourth-order valence-electron chi connectivity index (χ4n) is 2.50. The molecule has 0 spiro atoms. The molecule has 0 radical (unpaired) electrons. The number of anilines is 2. The highest BCUT2D eigenvalue weighted by Crippen LogP contribution is 2.22. The van der Waals surface area contributed by atoms with Gasteiger partial charge in [-0.1, -0.05) is 35.9 Å². The summed E-state index contributed by atoms with van der Waals surface area (Å²) in [6.45, 7) is 0.314. The molecule has 3 aromatic rings. The van der Waals surface area contributed by atoms with Gasteiger partial charge in [-0.25, -0.2) is 4.79 Å². The molecule has 0 heterocycles. The SMILES string of the molecule is NC(=O)Nc1ccc(NC(=O)c2ccccc2OCc2ccc(Cl)cc2)cc1. The van der Waals surface area contributed by atoms with E-state index in [9.17, 15) is 9.59 Å². The zero-order chi connectivity index (χ0) is 19.9. The maximum Gasteiger partial charge on any atom is 0.316 e. The van der Waals surface area contributed by atoms with E-state index in [1.165, 1.54) is 0 Å². The monoisotopic (exact) mass is 395 g/mol. The van der Waals surface area contributed by atoms with Crippen LogP contribution < -0.4 is 21.1 Å². The number of nitrogens with one attached hydrogen (secondary N) is 2. The normalized spacial score (nSPS) is 10.2. The number of nitrogens with two attached hydrogens (primary N) is 1. The molecule has 0 atom stereocenters. The van der Waals surface area contributed by atoms with Crippen molar-refractivity contribution in [2.75, 3.05) is 10.6 Å². The summed E-state index contributed by atoms with van der Waals surface area (Å²) in [5.74, 6) is 0.171. The van der Waals surface area contributed by atoms with Gasteiger partial charge in [0, 0.05) is 16.4 Å². The fraction of sp³-hybridized carbons (Fsp3) is 0.0476. The summed E-state index contributed by atoms with van der Waals surface area (Å²) in [4.78, 5) is 23.5. The molecule has 0 fully saturated rings. The summed E-state index contributed by atoms with van der Waals surface area (Å²) < 4.78 is 5.82. The number of hydrogen-bond donors (Lipinski definition) is 3. The molecule has 28 heavy (non-hydrogen) atoms. The molecule has 0 aliphatic heterocycles. The molecule has 0 bridgehead atoms. The van der Waals surface area contributed by atoms with Crippen LogP contribution in [0.15, 0.2) is 72.8 Å². The second-order valence-electron chi connectivity index (χ2n) is 5.93. The Bertz CT molecular complexity index is 973. The highest BCUT2D eigenvalue weighted by Gasteiger charge is 2.12. The first-order valence-electron chi connectivity index (χ1n) is 8.45. The highest BCUT2D eigenvalue weighted by molar-refractivity contribution is 6.30. The van der Waals surface area contributed by atoms with Crippen LogP contribution in [0.3, 0.4) is 0 Å². The van der Waals surface area contributed by atoms with Gasteiger partial charge in [-0.05, 0) is 54.1 Å². The van der Waals surface area contributed by atoms with Crippen LogP contribution in [0, 0.1) is 0 Å². The van der Waals surface area contributed by atoms with E-state index < -0.39 is 6.03 Å². The average molecular weight is 396 g/mol. The van der Waals surface area contributed by atoms with E-state index in [4.69, 9.17) is 22.1 Å². The number of para-hydroxylation sites is 1. The van der Waals surface area contributed by atoms with Crippen molar-refractivity contribution in [1.82, 2.24) is 0 Å². The van der Waals surface area contributed by atoms with Crippen molar-refractivity contribution >= 4 is 34.9 Å². The molecule has 4 N–H and O–H groups in total. The Labute approximate surface area is 167 Å². The van der Waals surface area contributed by atoms with Gasteiger partial charge in [0.15, 0.2) is 0 Å². The molecule has 3 aromatic carbocycles. The molecular formula is C21H18ClN3O3. The molecule has 3 amide bonds. The van der Waals surface area contributed by atoms with E-state index in [0.717, 1.165) is 5.56 Å². The lowest BCUT2D eigenvalue weighted by Crippen LogP contribution is -2.19. The smallest absolute Gasteiger partial charge is 0.316 e. The first kappa shape index (κ1) is 19.3. The Morgan fingerprint density at radius 3 is 2.11 bits per heavy atom. The Kier molecular flexibility index (Phi) is 6.14. The molecule has 0 saturated carbocycles. The minimum atomic E-state index is -0.649. The number of ether oxygens (including phenoxy) is 1. The largest absolute Gasteiger partial charge is 0.488 e. The quantitative estimate of drug-likeness (QED) is 0.566. The third-order valence-electron chi connectivity index (χ3n) is 3.85. The van der Waals surface area contributed by atoms with Gasteiger partial charge in [-0.2, -0.15) is 0 Å². The van der Waals surface area contributed by atoms with Crippen molar-refractivity contribution in [3.05, 3.63) is 88.9 Å². The number of carbonyl (C=O) groups excluding carboxylic acids is 2. The number of amides is 3. The van der Waals surface area contributed by atoms with Gasteiger partial charge in [0.25, 0.3) is 5.91 Å². The Morgan fingerprint density at radius 2 is 1.46 bits per heavy atom. The molecule has 0 aliphatic carbocycles. The van der Waals surface area contributed by atoms with Crippen molar-refractivity contribution in [1.29, 1.82) is 0 Å². The molecular weight excluding hydrogens is 378 g/mol. The fourth-order valence-corrected chi connectivity index (χ4v) is 2.63. The molecule has 142 valence electrons.